The van der Waals surface area contributed by atoms with Gasteiger partial charge in [-0.2, -0.15) is 0 Å². The number of ether oxygens (including phenoxy) is 1. The highest BCUT2D eigenvalue weighted by molar-refractivity contribution is 5.72. The lowest BCUT2D eigenvalue weighted by atomic mass is 10.1. The van der Waals surface area contributed by atoms with Gasteiger partial charge in [0, 0.05) is 6.54 Å². The molecule has 0 aliphatic carbocycles. The van der Waals surface area contributed by atoms with Crippen LogP contribution >= 0.6 is 0 Å². The van der Waals surface area contributed by atoms with Crippen LogP contribution < -0.4 is 5.73 Å². The first-order valence-electron chi connectivity index (χ1n) is 4.56. The van der Waals surface area contributed by atoms with Gasteiger partial charge in [0.05, 0.1) is 12.0 Å². The molecule has 0 spiro atoms. The van der Waals surface area contributed by atoms with Crippen molar-refractivity contribution in [3.05, 3.63) is 0 Å². The van der Waals surface area contributed by atoms with Crippen LogP contribution in [0, 0.1) is 5.92 Å². The van der Waals surface area contributed by atoms with Crippen molar-refractivity contribution in [1.82, 2.24) is 0 Å². The van der Waals surface area contributed by atoms with Gasteiger partial charge in [-0.1, -0.05) is 13.8 Å². The van der Waals surface area contributed by atoms with Gasteiger partial charge in [-0.05, 0) is 19.8 Å². The highest BCUT2D eigenvalue weighted by Gasteiger charge is 2.17. The number of hydrogen-bond donors (Lipinski definition) is 1. The first-order chi connectivity index (χ1) is 5.65. The van der Waals surface area contributed by atoms with Crippen molar-refractivity contribution in [2.24, 2.45) is 11.7 Å². The summed E-state index contributed by atoms with van der Waals surface area (Å²) in [5, 5.41) is 0. The molecule has 0 saturated carbocycles. The lowest BCUT2D eigenvalue weighted by Crippen LogP contribution is -2.27. The van der Waals surface area contributed by atoms with Crippen molar-refractivity contribution < 1.29 is 9.53 Å². The van der Waals surface area contributed by atoms with Gasteiger partial charge >= 0.3 is 5.97 Å². The molecule has 2 N–H and O–H groups in total. The Kier molecular flexibility index (Phi) is 5.72. The largest absolute Gasteiger partial charge is 0.462 e. The van der Waals surface area contributed by atoms with E-state index in [4.69, 9.17) is 10.5 Å². The van der Waals surface area contributed by atoms with Gasteiger partial charge in [0.1, 0.15) is 0 Å². The van der Waals surface area contributed by atoms with Crippen molar-refractivity contribution in [2.45, 2.75) is 39.7 Å². The molecule has 0 rings (SSSR count). The molecule has 0 saturated heterocycles. The van der Waals surface area contributed by atoms with Crippen molar-refractivity contribution in [3.8, 4) is 0 Å². The van der Waals surface area contributed by atoms with Crippen LogP contribution in [0.4, 0.5) is 0 Å². The van der Waals surface area contributed by atoms with Crippen LogP contribution in [0.3, 0.4) is 0 Å². The Hall–Kier alpha value is -0.570. The lowest BCUT2D eigenvalue weighted by Gasteiger charge is -2.15. The molecule has 12 heavy (non-hydrogen) atoms. The zero-order valence-electron chi connectivity index (χ0n) is 8.17. The van der Waals surface area contributed by atoms with E-state index in [1.54, 1.807) is 0 Å². The second-order valence-corrected chi connectivity index (χ2v) is 3.00. The van der Waals surface area contributed by atoms with E-state index in [0.29, 0.717) is 6.54 Å². The van der Waals surface area contributed by atoms with Gasteiger partial charge in [-0.15, -0.1) is 0 Å². The third kappa shape index (κ3) is 3.72. The topological polar surface area (TPSA) is 52.3 Å². The average Bonchev–Trinajstić information content (AvgIpc) is 2.06. The van der Waals surface area contributed by atoms with Gasteiger partial charge < -0.3 is 10.5 Å². The molecule has 0 heterocycles. The molecule has 0 amide bonds. The Morgan fingerprint density at radius 1 is 1.42 bits per heavy atom. The van der Waals surface area contributed by atoms with Crippen LogP contribution in [0.25, 0.3) is 0 Å². The van der Waals surface area contributed by atoms with Gasteiger partial charge in [0.25, 0.3) is 0 Å². The summed E-state index contributed by atoms with van der Waals surface area (Å²) >= 11 is 0. The first-order valence-corrected chi connectivity index (χ1v) is 4.56. The fourth-order valence-corrected chi connectivity index (χ4v) is 0.807. The SMILES string of the molecule is CCC(C)OC(=O)C(CC)CN. The second kappa shape index (κ2) is 6.00. The summed E-state index contributed by atoms with van der Waals surface area (Å²) in [5.74, 6) is -0.284. The zero-order chi connectivity index (χ0) is 9.56. The molecule has 3 heteroatoms. The molecule has 0 aromatic carbocycles. The number of carbonyl (C=O) groups excluding carboxylic acids is 1. The molecule has 0 radical (unpaired) electrons. The van der Waals surface area contributed by atoms with Gasteiger partial charge in [0.15, 0.2) is 0 Å². The third-order valence-corrected chi connectivity index (χ3v) is 2.00. The van der Waals surface area contributed by atoms with Crippen LogP contribution in [0.5, 0.6) is 0 Å². The minimum absolute atomic E-state index is 0.0121. The van der Waals surface area contributed by atoms with Crippen molar-refractivity contribution >= 4 is 5.97 Å². The molecular formula is C9H19NO2. The van der Waals surface area contributed by atoms with Gasteiger partial charge in [-0.3, -0.25) is 4.79 Å². The maximum absolute atomic E-state index is 11.3. The average molecular weight is 173 g/mol. The number of hydrogen-bond acceptors (Lipinski definition) is 3. The Bertz CT molecular complexity index is 132. The smallest absolute Gasteiger partial charge is 0.310 e. The number of carbonyl (C=O) groups is 1. The molecular weight excluding hydrogens is 154 g/mol. The highest BCUT2D eigenvalue weighted by Crippen LogP contribution is 2.06. The Balaban J connectivity index is 3.84. The van der Waals surface area contributed by atoms with Gasteiger partial charge in [-0.25, -0.2) is 0 Å². The molecule has 0 aliphatic heterocycles. The van der Waals surface area contributed by atoms with E-state index in [0.717, 1.165) is 12.8 Å². The van der Waals surface area contributed by atoms with Crippen LogP contribution in [-0.2, 0) is 9.53 Å². The first kappa shape index (κ1) is 11.4. The van der Waals surface area contributed by atoms with Crippen LogP contribution in [0.2, 0.25) is 0 Å². The fraction of sp³-hybridized carbons (Fsp3) is 0.889. The predicted octanol–water partition coefficient (Wildman–Crippen LogP) is 1.31. The van der Waals surface area contributed by atoms with Crippen LogP contribution in [-0.4, -0.2) is 18.6 Å². The second-order valence-electron chi connectivity index (χ2n) is 3.00. The van der Waals surface area contributed by atoms with E-state index in [-0.39, 0.29) is 18.0 Å². The quantitative estimate of drug-likeness (QED) is 0.638. The molecule has 0 aromatic rings. The molecule has 72 valence electrons. The van der Waals surface area contributed by atoms with E-state index in [1.807, 2.05) is 20.8 Å². The summed E-state index contributed by atoms with van der Waals surface area (Å²) in [7, 11) is 0. The normalized spacial score (nSPS) is 15.3. The summed E-state index contributed by atoms with van der Waals surface area (Å²) in [4.78, 5) is 11.3. The minimum atomic E-state index is -0.158. The van der Waals surface area contributed by atoms with Crippen molar-refractivity contribution in [1.29, 1.82) is 0 Å². The monoisotopic (exact) mass is 173 g/mol. The van der Waals surface area contributed by atoms with E-state index in [9.17, 15) is 4.79 Å². The molecule has 0 fully saturated rings. The summed E-state index contributed by atoms with van der Waals surface area (Å²) < 4.78 is 5.12. The van der Waals surface area contributed by atoms with Gasteiger partial charge in [0.2, 0.25) is 0 Å². The van der Waals surface area contributed by atoms with Crippen molar-refractivity contribution in [3.63, 3.8) is 0 Å². The van der Waals surface area contributed by atoms with Crippen LogP contribution in [0.1, 0.15) is 33.6 Å². The molecule has 0 bridgehead atoms. The van der Waals surface area contributed by atoms with E-state index < -0.39 is 0 Å². The predicted molar refractivity (Wildman–Crippen MR) is 48.7 cm³/mol. The molecule has 3 nitrogen and oxygen atoms in total. The summed E-state index contributed by atoms with van der Waals surface area (Å²) in [5.41, 5.74) is 5.40. The molecule has 2 unspecified atom stereocenters. The molecule has 0 aromatic heterocycles. The Labute approximate surface area is 74.3 Å². The number of nitrogens with two attached hydrogens (primary N) is 1. The lowest BCUT2D eigenvalue weighted by molar-refractivity contribution is -0.153. The molecule has 0 aliphatic rings. The third-order valence-electron chi connectivity index (χ3n) is 2.00. The fourth-order valence-electron chi connectivity index (χ4n) is 0.807. The standard InChI is InChI=1S/C9H19NO2/c1-4-7(3)12-9(11)8(5-2)6-10/h7-8H,4-6,10H2,1-3H3. The summed E-state index contributed by atoms with van der Waals surface area (Å²) in [6.07, 6.45) is 1.62. The van der Waals surface area contributed by atoms with E-state index >= 15 is 0 Å². The van der Waals surface area contributed by atoms with E-state index in [2.05, 4.69) is 0 Å². The zero-order valence-corrected chi connectivity index (χ0v) is 8.17. The minimum Gasteiger partial charge on any atom is -0.462 e. The van der Waals surface area contributed by atoms with Crippen molar-refractivity contribution in [2.75, 3.05) is 6.54 Å². The number of rotatable bonds is 5. The highest BCUT2D eigenvalue weighted by atomic mass is 16.5. The van der Waals surface area contributed by atoms with Crippen LogP contribution in [0.15, 0.2) is 0 Å². The summed E-state index contributed by atoms with van der Waals surface area (Å²) in [6, 6.07) is 0. The Morgan fingerprint density at radius 3 is 2.33 bits per heavy atom. The maximum Gasteiger partial charge on any atom is 0.310 e. The summed E-state index contributed by atoms with van der Waals surface area (Å²) in [6.45, 7) is 6.20. The number of esters is 1. The Morgan fingerprint density at radius 2 is 2.00 bits per heavy atom. The van der Waals surface area contributed by atoms with E-state index in [1.165, 1.54) is 0 Å². The molecule has 2 atom stereocenters. The maximum atomic E-state index is 11.3.